The maximum atomic E-state index is 5.74. The molecule has 0 rings (SSSR count). The zero-order valence-electron chi connectivity index (χ0n) is 10.4. The summed E-state index contributed by atoms with van der Waals surface area (Å²) in [6.07, 6.45) is 4.96. The molecule has 0 aliphatic carbocycles. The first-order valence-corrected chi connectivity index (χ1v) is 6.08. The van der Waals surface area contributed by atoms with Crippen LogP contribution in [0, 0.1) is 5.92 Å². The molecule has 0 aliphatic rings. The van der Waals surface area contributed by atoms with Crippen molar-refractivity contribution in [2.45, 2.75) is 53.4 Å². The zero-order valence-corrected chi connectivity index (χ0v) is 10.4. The smallest absolute Gasteiger partial charge is 0.0708 e. The van der Waals surface area contributed by atoms with Crippen LogP contribution < -0.4 is 0 Å². The fourth-order valence-electron chi connectivity index (χ4n) is 1.16. The number of unbranched alkanes of at least 4 members (excludes halogenated alkanes) is 2. The summed E-state index contributed by atoms with van der Waals surface area (Å²) in [4.78, 5) is 5.74. The maximum Gasteiger partial charge on any atom is 0.0708 e. The van der Waals surface area contributed by atoms with Crippen molar-refractivity contribution < 1.29 is 4.84 Å². The molecule has 0 aromatic carbocycles. The third-order valence-corrected chi connectivity index (χ3v) is 2.11. The molecule has 2 heteroatoms. The van der Waals surface area contributed by atoms with Crippen LogP contribution in [0.25, 0.3) is 0 Å². The number of hydrogen-bond acceptors (Lipinski definition) is 2. The summed E-state index contributed by atoms with van der Waals surface area (Å²) < 4.78 is 0. The molecule has 0 atom stereocenters. The highest BCUT2D eigenvalue weighted by molar-refractivity contribution is 4.48. The Labute approximate surface area is 89.6 Å². The largest absolute Gasteiger partial charge is 0.299 e. The van der Waals surface area contributed by atoms with Crippen LogP contribution in [-0.2, 0) is 4.84 Å². The van der Waals surface area contributed by atoms with Crippen molar-refractivity contribution in [2.75, 3.05) is 19.7 Å². The van der Waals surface area contributed by atoms with Crippen LogP contribution in [0.2, 0.25) is 0 Å². The quantitative estimate of drug-likeness (QED) is 0.530. The first-order chi connectivity index (χ1) is 6.70. The second-order valence-electron chi connectivity index (χ2n) is 4.33. The summed E-state index contributed by atoms with van der Waals surface area (Å²) in [6, 6.07) is 0. The maximum absolute atomic E-state index is 5.74. The van der Waals surface area contributed by atoms with E-state index in [4.69, 9.17) is 4.84 Å². The Kier molecular flexibility index (Phi) is 9.42. The van der Waals surface area contributed by atoms with Gasteiger partial charge in [0.1, 0.15) is 0 Å². The Hall–Kier alpha value is -0.0800. The molecule has 86 valence electrons. The molecule has 0 radical (unpaired) electrons. The van der Waals surface area contributed by atoms with Crippen molar-refractivity contribution in [3.63, 3.8) is 0 Å². The van der Waals surface area contributed by atoms with E-state index in [0.29, 0.717) is 5.92 Å². The molecule has 0 N–H and O–H groups in total. The monoisotopic (exact) mass is 201 g/mol. The van der Waals surface area contributed by atoms with Crippen LogP contribution in [0.15, 0.2) is 0 Å². The van der Waals surface area contributed by atoms with Gasteiger partial charge in [-0.3, -0.25) is 4.84 Å². The lowest BCUT2D eigenvalue weighted by Crippen LogP contribution is -2.28. The van der Waals surface area contributed by atoms with Gasteiger partial charge in [0, 0.05) is 13.1 Å². The average molecular weight is 201 g/mol. The van der Waals surface area contributed by atoms with Crippen molar-refractivity contribution in [1.82, 2.24) is 5.06 Å². The minimum Gasteiger partial charge on any atom is -0.299 e. The van der Waals surface area contributed by atoms with Gasteiger partial charge >= 0.3 is 0 Å². The molecule has 0 amide bonds. The molecule has 14 heavy (non-hydrogen) atoms. The summed E-state index contributed by atoms with van der Waals surface area (Å²) in [6.45, 7) is 11.9. The van der Waals surface area contributed by atoms with Crippen molar-refractivity contribution in [1.29, 1.82) is 0 Å². The molecule has 0 bridgehead atoms. The van der Waals surface area contributed by atoms with Gasteiger partial charge in [-0.15, -0.1) is 0 Å². The summed E-state index contributed by atoms with van der Waals surface area (Å²) in [5.74, 6) is 0.626. The van der Waals surface area contributed by atoms with E-state index in [1.807, 2.05) is 0 Å². The molecule has 0 aliphatic heterocycles. The third kappa shape index (κ3) is 8.52. The van der Waals surface area contributed by atoms with Gasteiger partial charge in [0.25, 0.3) is 0 Å². The van der Waals surface area contributed by atoms with E-state index < -0.39 is 0 Å². The summed E-state index contributed by atoms with van der Waals surface area (Å²) in [5.41, 5.74) is 0. The second kappa shape index (κ2) is 9.47. The molecular formula is C12H27NO. The van der Waals surface area contributed by atoms with Crippen LogP contribution >= 0.6 is 0 Å². The Morgan fingerprint density at radius 2 is 1.50 bits per heavy atom. The van der Waals surface area contributed by atoms with Crippen LogP contribution in [0.5, 0.6) is 0 Å². The van der Waals surface area contributed by atoms with Gasteiger partial charge in [-0.25, -0.2) is 0 Å². The highest BCUT2D eigenvalue weighted by Gasteiger charge is 2.04. The fraction of sp³-hybridized carbons (Fsp3) is 1.00. The van der Waals surface area contributed by atoms with E-state index in [2.05, 4.69) is 32.8 Å². The predicted molar refractivity (Wildman–Crippen MR) is 62.2 cm³/mol. The number of nitrogens with zero attached hydrogens (tertiary/aromatic N) is 1. The van der Waals surface area contributed by atoms with E-state index in [-0.39, 0.29) is 0 Å². The fourth-order valence-corrected chi connectivity index (χ4v) is 1.16. The molecule has 0 fully saturated rings. The van der Waals surface area contributed by atoms with E-state index in [1.165, 1.54) is 25.7 Å². The number of rotatable bonds is 9. The number of hydroxylamine groups is 2. The van der Waals surface area contributed by atoms with Gasteiger partial charge in [-0.2, -0.15) is 5.06 Å². The van der Waals surface area contributed by atoms with Gasteiger partial charge in [-0.1, -0.05) is 40.5 Å². The van der Waals surface area contributed by atoms with E-state index in [9.17, 15) is 0 Å². The summed E-state index contributed by atoms with van der Waals surface area (Å²) >= 11 is 0. The minimum absolute atomic E-state index is 0.626. The SMILES string of the molecule is CCCCN(CCCC)OCC(C)C. The first-order valence-electron chi connectivity index (χ1n) is 6.08. The van der Waals surface area contributed by atoms with Crippen LogP contribution in [0.4, 0.5) is 0 Å². The van der Waals surface area contributed by atoms with Crippen molar-refractivity contribution in [3.05, 3.63) is 0 Å². The highest BCUT2D eigenvalue weighted by Crippen LogP contribution is 2.02. The van der Waals surface area contributed by atoms with Crippen molar-refractivity contribution in [3.8, 4) is 0 Å². The van der Waals surface area contributed by atoms with Gasteiger partial charge in [0.05, 0.1) is 6.61 Å². The molecule has 0 saturated heterocycles. The number of hydrogen-bond donors (Lipinski definition) is 0. The molecule has 0 unspecified atom stereocenters. The Balaban J connectivity index is 3.60. The van der Waals surface area contributed by atoms with Gasteiger partial charge < -0.3 is 0 Å². The molecule has 0 spiro atoms. The average Bonchev–Trinajstić information content (AvgIpc) is 2.16. The lowest BCUT2D eigenvalue weighted by molar-refractivity contribution is -0.168. The molecule has 0 saturated carbocycles. The molecule has 2 nitrogen and oxygen atoms in total. The van der Waals surface area contributed by atoms with E-state index >= 15 is 0 Å². The van der Waals surface area contributed by atoms with Crippen LogP contribution in [0.1, 0.15) is 53.4 Å². The Morgan fingerprint density at radius 1 is 1.00 bits per heavy atom. The second-order valence-corrected chi connectivity index (χ2v) is 4.33. The molecule has 0 heterocycles. The van der Waals surface area contributed by atoms with Crippen molar-refractivity contribution >= 4 is 0 Å². The topological polar surface area (TPSA) is 12.5 Å². The van der Waals surface area contributed by atoms with Gasteiger partial charge in [-0.05, 0) is 18.8 Å². The minimum atomic E-state index is 0.626. The lowest BCUT2D eigenvalue weighted by Gasteiger charge is -2.22. The Bertz CT molecular complexity index is 107. The molecule has 0 aromatic rings. The molecular weight excluding hydrogens is 174 g/mol. The van der Waals surface area contributed by atoms with E-state index in [1.54, 1.807) is 0 Å². The summed E-state index contributed by atoms with van der Waals surface area (Å²) in [7, 11) is 0. The van der Waals surface area contributed by atoms with Crippen LogP contribution in [-0.4, -0.2) is 24.8 Å². The summed E-state index contributed by atoms with van der Waals surface area (Å²) in [5, 5.41) is 2.15. The van der Waals surface area contributed by atoms with Crippen LogP contribution in [0.3, 0.4) is 0 Å². The third-order valence-electron chi connectivity index (χ3n) is 2.11. The standard InChI is InChI=1S/C12H27NO/c1-5-7-9-13(10-8-6-2)14-11-12(3)4/h12H,5-11H2,1-4H3. The Morgan fingerprint density at radius 3 is 1.86 bits per heavy atom. The normalized spacial score (nSPS) is 11.6. The van der Waals surface area contributed by atoms with Crippen molar-refractivity contribution in [2.24, 2.45) is 5.92 Å². The lowest BCUT2D eigenvalue weighted by atomic mass is 10.2. The van der Waals surface area contributed by atoms with Gasteiger partial charge in [0.15, 0.2) is 0 Å². The predicted octanol–water partition coefficient (Wildman–Crippen LogP) is 3.48. The van der Waals surface area contributed by atoms with E-state index in [0.717, 1.165) is 19.7 Å². The first kappa shape index (κ1) is 13.9. The zero-order chi connectivity index (χ0) is 10.8. The van der Waals surface area contributed by atoms with Gasteiger partial charge in [0.2, 0.25) is 0 Å². The molecule has 0 aromatic heterocycles. The highest BCUT2D eigenvalue weighted by atomic mass is 16.7.